The van der Waals surface area contributed by atoms with Crippen molar-refractivity contribution in [3.05, 3.63) is 29.8 Å². The van der Waals surface area contributed by atoms with Gasteiger partial charge in [-0.25, -0.2) is 0 Å². The second-order valence-corrected chi connectivity index (χ2v) is 9.71. The van der Waals surface area contributed by atoms with E-state index in [0.717, 1.165) is 58.7 Å². The van der Waals surface area contributed by atoms with Crippen LogP contribution in [-0.4, -0.2) is 115 Å². The van der Waals surface area contributed by atoms with Gasteiger partial charge in [0.05, 0.1) is 31.9 Å². The molecule has 0 aromatic heterocycles. The maximum Gasteiger partial charge on any atom is 0.254 e. The van der Waals surface area contributed by atoms with Gasteiger partial charge < -0.3 is 19.3 Å². The Labute approximate surface area is 190 Å². The number of carbonyl (C=O) groups excluding carboxylic acids is 2. The highest BCUT2D eigenvalue weighted by Gasteiger charge is 2.56. The zero-order chi connectivity index (χ0) is 22.3. The summed E-state index contributed by atoms with van der Waals surface area (Å²) in [5.41, 5.74) is 0.677. The number of benzene rings is 1. The minimum absolute atomic E-state index is 0.00106. The third-order valence-electron chi connectivity index (χ3n) is 7.78. The molecule has 2 amide bonds. The average Bonchev–Trinajstić information content (AvgIpc) is 2.81. The second kappa shape index (κ2) is 8.65. The lowest BCUT2D eigenvalue weighted by atomic mass is 9.80. The molecule has 4 heterocycles. The van der Waals surface area contributed by atoms with Crippen LogP contribution in [0.4, 0.5) is 0 Å². The molecule has 4 aliphatic heterocycles. The lowest BCUT2D eigenvalue weighted by Gasteiger charge is -2.65. The third-order valence-corrected chi connectivity index (χ3v) is 7.78. The first-order valence-electron chi connectivity index (χ1n) is 11.8. The first-order chi connectivity index (χ1) is 15.5. The zero-order valence-corrected chi connectivity index (χ0v) is 19.2. The van der Waals surface area contributed by atoms with Gasteiger partial charge in [0.1, 0.15) is 5.75 Å². The normalized spacial score (nSPS) is 26.5. The summed E-state index contributed by atoms with van der Waals surface area (Å²) in [6, 6.07) is 8.22. The van der Waals surface area contributed by atoms with Gasteiger partial charge in [-0.15, -0.1) is 0 Å². The fourth-order valence-electron chi connectivity index (χ4n) is 6.08. The Morgan fingerprint density at radius 1 is 1.06 bits per heavy atom. The van der Waals surface area contributed by atoms with Crippen LogP contribution in [-0.2, 0) is 9.53 Å². The molecule has 1 aromatic carbocycles. The van der Waals surface area contributed by atoms with E-state index in [1.807, 2.05) is 34.1 Å². The topological polar surface area (TPSA) is 65.6 Å². The fraction of sp³-hybridized carbons (Fsp3) is 0.667. The molecule has 8 nitrogen and oxygen atoms in total. The lowest BCUT2D eigenvalue weighted by Crippen LogP contribution is -2.82. The Morgan fingerprint density at radius 3 is 2.56 bits per heavy atom. The average molecular weight is 443 g/mol. The Morgan fingerprint density at radius 2 is 1.84 bits per heavy atom. The molecule has 174 valence electrons. The zero-order valence-electron chi connectivity index (χ0n) is 19.2. The number of carbonyl (C=O) groups is 2. The Hall–Kier alpha value is -2.16. The number of fused-ring (bicyclic) bond motifs is 2. The Balaban J connectivity index is 1.29. The molecule has 0 radical (unpaired) electrons. The van der Waals surface area contributed by atoms with Crippen molar-refractivity contribution in [2.75, 3.05) is 66.1 Å². The van der Waals surface area contributed by atoms with E-state index in [1.54, 1.807) is 14.0 Å². The first-order valence-corrected chi connectivity index (χ1v) is 11.8. The van der Waals surface area contributed by atoms with Gasteiger partial charge >= 0.3 is 0 Å². The molecule has 4 fully saturated rings. The highest BCUT2D eigenvalue weighted by molar-refractivity contribution is 5.94. The Kier molecular flexibility index (Phi) is 5.86. The van der Waals surface area contributed by atoms with E-state index in [2.05, 4.69) is 9.80 Å². The van der Waals surface area contributed by atoms with Gasteiger partial charge in [-0.1, -0.05) is 6.07 Å². The molecule has 1 spiro atoms. The summed E-state index contributed by atoms with van der Waals surface area (Å²) in [5, 5.41) is 0. The predicted molar refractivity (Wildman–Crippen MR) is 120 cm³/mol. The molecule has 8 heteroatoms. The molecule has 1 atom stereocenters. The SMILES string of the molecule is COc1cccc(C(=O)N2CC3COCCN3C3(C2)CN(C2CCN(C(C)=O)CC2)C3)c1. The number of nitrogens with zero attached hydrogens (tertiary/aromatic N) is 4. The van der Waals surface area contributed by atoms with Crippen molar-refractivity contribution in [2.24, 2.45) is 0 Å². The smallest absolute Gasteiger partial charge is 0.254 e. The van der Waals surface area contributed by atoms with Crippen LogP contribution in [0.15, 0.2) is 24.3 Å². The van der Waals surface area contributed by atoms with Crippen molar-refractivity contribution in [3.63, 3.8) is 0 Å². The number of hydrogen-bond donors (Lipinski definition) is 0. The number of amides is 2. The standard InChI is InChI=1S/C24H34N4O4/c1-18(29)25-8-6-20(7-9-25)27-16-24(17-27)15-26(13-21-14-32-11-10-28(21)24)23(30)19-4-3-5-22(12-19)31-2/h3-5,12,20-21H,6-11,13-17H2,1-2H3. The van der Waals surface area contributed by atoms with E-state index in [0.29, 0.717) is 30.5 Å². The summed E-state index contributed by atoms with van der Waals surface area (Å²) >= 11 is 0. The highest BCUT2D eigenvalue weighted by atomic mass is 16.5. The summed E-state index contributed by atoms with van der Waals surface area (Å²) in [5.74, 6) is 0.956. The summed E-state index contributed by atoms with van der Waals surface area (Å²) in [4.78, 5) is 34.3. The predicted octanol–water partition coefficient (Wildman–Crippen LogP) is 0.917. The monoisotopic (exact) mass is 442 g/mol. The summed E-state index contributed by atoms with van der Waals surface area (Å²) in [6.45, 7) is 9.16. The second-order valence-electron chi connectivity index (χ2n) is 9.71. The van der Waals surface area contributed by atoms with E-state index in [1.165, 1.54) is 0 Å². The summed E-state index contributed by atoms with van der Waals surface area (Å²) in [6.07, 6.45) is 2.07. The number of ether oxygens (including phenoxy) is 2. The van der Waals surface area contributed by atoms with E-state index in [-0.39, 0.29) is 23.4 Å². The summed E-state index contributed by atoms with van der Waals surface area (Å²) in [7, 11) is 1.63. The molecule has 32 heavy (non-hydrogen) atoms. The van der Waals surface area contributed by atoms with Crippen molar-refractivity contribution in [3.8, 4) is 5.75 Å². The van der Waals surface area contributed by atoms with Gasteiger partial charge in [-0.05, 0) is 31.0 Å². The van der Waals surface area contributed by atoms with E-state index >= 15 is 0 Å². The maximum atomic E-state index is 13.4. The van der Waals surface area contributed by atoms with Crippen LogP contribution in [0.25, 0.3) is 0 Å². The molecule has 4 saturated heterocycles. The number of morpholine rings is 1. The van der Waals surface area contributed by atoms with Crippen LogP contribution < -0.4 is 4.74 Å². The van der Waals surface area contributed by atoms with E-state index < -0.39 is 0 Å². The minimum Gasteiger partial charge on any atom is -0.497 e. The van der Waals surface area contributed by atoms with Gasteiger partial charge in [-0.3, -0.25) is 19.4 Å². The van der Waals surface area contributed by atoms with Crippen LogP contribution in [0.2, 0.25) is 0 Å². The number of likely N-dealkylation sites (tertiary alicyclic amines) is 2. The van der Waals surface area contributed by atoms with Crippen molar-refractivity contribution < 1.29 is 19.1 Å². The van der Waals surface area contributed by atoms with E-state index in [4.69, 9.17) is 9.47 Å². The largest absolute Gasteiger partial charge is 0.497 e. The number of hydrogen-bond acceptors (Lipinski definition) is 6. The van der Waals surface area contributed by atoms with Crippen molar-refractivity contribution in [1.82, 2.24) is 19.6 Å². The molecule has 0 saturated carbocycles. The number of rotatable bonds is 3. The minimum atomic E-state index is -0.00106. The molecule has 0 aliphatic carbocycles. The van der Waals surface area contributed by atoms with Gasteiger partial charge in [0.15, 0.2) is 0 Å². The molecule has 5 rings (SSSR count). The van der Waals surface area contributed by atoms with Crippen molar-refractivity contribution >= 4 is 11.8 Å². The van der Waals surface area contributed by atoms with Gasteiger partial charge in [-0.2, -0.15) is 0 Å². The number of piperidine rings is 1. The van der Waals surface area contributed by atoms with Crippen LogP contribution in [0.1, 0.15) is 30.1 Å². The fourth-order valence-corrected chi connectivity index (χ4v) is 6.08. The molecule has 1 unspecified atom stereocenters. The molecule has 0 N–H and O–H groups in total. The molecule has 4 aliphatic rings. The van der Waals surface area contributed by atoms with Crippen molar-refractivity contribution in [1.29, 1.82) is 0 Å². The Bertz CT molecular complexity index is 863. The molecule has 0 bridgehead atoms. The molecular formula is C24H34N4O4. The van der Waals surface area contributed by atoms with Gasteiger partial charge in [0.25, 0.3) is 5.91 Å². The van der Waals surface area contributed by atoms with Crippen LogP contribution >= 0.6 is 0 Å². The third kappa shape index (κ3) is 3.89. The number of piperazine rings is 1. The molecular weight excluding hydrogens is 408 g/mol. The summed E-state index contributed by atoms with van der Waals surface area (Å²) < 4.78 is 11.1. The van der Waals surface area contributed by atoms with Crippen LogP contribution in [0.3, 0.4) is 0 Å². The lowest BCUT2D eigenvalue weighted by molar-refractivity contribution is -0.169. The maximum absolute atomic E-state index is 13.4. The van der Waals surface area contributed by atoms with Crippen LogP contribution in [0, 0.1) is 0 Å². The quantitative estimate of drug-likeness (QED) is 0.694. The first kappa shape index (κ1) is 21.7. The number of methoxy groups -OCH3 is 1. The van der Waals surface area contributed by atoms with Crippen LogP contribution in [0.5, 0.6) is 5.75 Å². The molecule has 1 aromatic rings. The van der Waals surface area contributed by atoms with Gasteiger partial charge in [0, 0.05) is 64.3 Å². The van der Waals surface area contributed by atoms with Crippen molar-refractivity contribution in [2.45, 2.75) is 37.4 Å². The van der Waals surface area contributed by atoms with E-state index in [9.17, 15) is 9.59 Å². The highest BCUT2D eigenvalue weighted by Crippen LogP contribution is 2.38. The van der Waals surface area contributed by atoms with Gasteiger partial charge in [0.2, 0.25) is 5.91 Å².